The molecule has 0 radical (unpaired) electrons. The van der Waals surface area contributed by atoms with Crippen LogP contribution in [-0.4, -0.2) is 0 Å². The maximum atomic E-state index is 8.77. The number of nitrogens with one attached hydrogen (secondary N) is 2. The predicted molar refractivity (Wildman–Crippen MR) is 87.9 cm³/mol. The summed E-state index contributed by atoms with van der Waals surface area (Å²) in [7, 11) is 0. The van der Waals surface area contributed by atoms with Gasteiger partial charge < -0.3 is 10.6 Å². The smallest absolute Gasteiger partial charge is 0.145 e. The van der Waals surface area contributed by atoms with Crippen LogP contribution >= 0.6 is 0 Å². The van der Waals surface area contributed by atoms with Crippen molar-refractivity contribution in [1.82, 2.24) is 0 Å². The van der Waals surface area contributed by atoms with Crippen molar-refractivity contribution in [2.75, 3.05) is 10.6 Å². The molecule has 0 saturated heterocycles. The standard InChI is InChI=1S/C18H16N4/c1-14(16-7-3-2-4-8-16)22-18-10-6-5-9-17(18)21-13-15(11-19)12-20/h2-10,13-14,21-22H,1H3. The van der Waals surface area contributed by atoms with Crippen molar-refractivity contribution < 1.29 is 0 Å². The number of allylic oxidation sites excluding steroid dienone is 1. The molecule has 0 heterocycles. The van der Waals surface area contributed by atoms with E-state index in [9.17, 15) is 0 Å². The third-order valence-corrected chi connectivity index (χ3v) is 3.21. The quantitative estimate of drug-likeness (QED) is 0.809. The zero-order valence-corrected chi connectivity index (χ0v) is 12.2. The zero-order valence-electron chi connectivity index (χ0n) is 12.2. The van der Waals surface area contributed by atoms with Crippen molar-refractivity contribution in [2.24, 2.45) is 0 Å². The molecular weight excluding hydrogens is 272 g/mol. The van der Waals surface area contributed by atoms with Crippen LogP contribution in [0, 0.1) is 22.7 Å². The third kappa shape index (κ3) is 3.88. The zero-order chi connectivity index (χ0) is 15.8. The molecule has 0 amide bonds. The largest absolute Gasteiger partial charge is 0.377 e. The summed E-state index contributed by atoms with van der Waals surface area (Å²) in [5.41, 5.74) is 2.94. The molecule has 4 heteroatoms. The first kappa shape index (κ1) is 15.2. The number of hydrogen-bond donors (Lipinski definition) is 2. The highest BCUT2D eigenvalue weighted by molar-refractivity contribution is 5.70. The molecule has 0 aliphatic heterocycles. The molecule has 0 aliphatic rings. The molecule has 0 aliphatic carbocycles. The summed E-state index contributed by atoms with van der Waals surface area (Å²) in [4.78, 5) is 0. The molecule has 0 saturated carbocycles. The molecule has 1 unspecified atom stereocenters. The lowest BCUT2D eigenvalue weighted by Crippen LogP contribution is -2.08. The number of rotatable bonds is 5. The van der Waals surface area contributed by atoms with Gasteiger partial charge in [-0.25, -0.2) is 0 Å². The van der Waals surface area contributed by atoms with E-state index in [1.54, 1.807) is 0 Å². The van der Waals surface area contributed by atoms with E-state index >= 15 is 0 Å². The van der Waals surface area contributed by atoms with Gasteiger partial charge in [-0.15, -0.1) is 0 Å². The monoisotopic (exact) mass is 288 g/mol. The van der Waals surface area contributed by atoms with Crippen molar-refractivity contribution >= 4 is 11.4 Å². The molecule has 0 aromatic heterocycles. The second-order valence-corrected chi connectivity index (χ2v) is 4.75. The average molecular weight is 288 g/mol. The molecule has 0 fully saturated rings. The fraction of sp³-hybridized carbons (Fsp3) is 0.111. The van der Waals surface area contributed by atoms with Gasteiger partial charge in [-0.2, -0.15) is 10.5 Å². The molecule has 2 N–H and O–H groups in total. The van der Waals surface area contributed by atoms with Gasteiger partial charge in [0, 0.05) is 12.2 Å². The topological polar surface area (TPSA) is 71.6 Å². The van der Waals surface area contributed by atoms with Crippen LogP contribution in [0.4, 0.5) is 11.4 Å². The van der Waals surface area contributed by atoms with E-state index in [0.29, 0.717) is 0 Å². The Morgan fingerprint density at radius 1 is 0.955 bits per heavy atom. The third-order valence-electron chi connectivity index (χ3n) is 3.21. The number of nitrogens with zero attached hydrogens (tertiary/aromatic N) is 2. The second kappa shape index (κ2) is 7.52. The van der Waals surface area contributed by atoms with Gasteiger partial charge in [0.05, 0.1) is 11.4 Å². The van der Waals surface area contributed by atoms with Crippen molar-refractivity contribution in [3.8, 4) is 12.1 Å². The minimum Gasteiger partial charge on any atom is -0.377 e. The van der Waals surface area contributed by atoms with Crippen LogP contribution < -0.4 is 10.6 Å². The van der Waals surface area contributed by atoms with Crippen LogP contribution in [0.2, 0.25) is 0 Å². The SMILES string of the molecule is CC(Nc1ccccc1NC=C(C#N)C#N)c1ccccc1. The van der Waals surface area contributed by atoms with Crippen LogP contribution in [-0.2, 0) is 0 Å². The van der Waals surface area contributed by atoms with Crippen molar-refractivity contribution in [3.63, 3.8) is 0 Å². The molecule has 4 nitrogen and oxygen atoms in total. The maximum absolute atomic E-state index is 8.77. The van der Waals surface area contributed by atoms with Gasteiger partial charge >= 0.3 is 0 Å². The highest BCUT2D eigenvalue weighted by Gasteiger charge is 2.07. The van der Waals surface area contributed by atoms with Gasteiger partial charge in [0.2, 0.25) is 0 Å². The molecule has 0 bridgehead atoms. The van der Waals surface area contributed by atoms with Crippen LogP contribution in [0.5, 0.6) is 0 Å². The van der Waals surface area contributed by atoms with E-state index in [1.165, 1.54) is 11.8 Å². The van der Waals surface area contributed by atoms with Crippen LogP contribution in [0.3, 0.4) is 0 Å². The number of hydrogen-bond acceptors (Lipinski definition) is 4. The summed E-state index contributed by atoms with van der Waals surface area (Å²) in [6.45, 7) is 2.08. The van der Waals surface area contributed by atoms with Crippen molar-refractivity contribution in [3.05, 3.63) is 71.9 Å². The van der Waals surface area contributed by atoms with Crippen molar-refractivity contribution in [2.45, 2.75) is 13.0 Å². The first-order chi connectivity index (χ1) is 10.7. The molecule has 2 aromatic rings. The predicted octanol–water partition coefficient (Wildman–Crippen LogP) is 4.20. The minimum atomic E-state index is 0.0333. The summed E-state index contributed by atoms with van der Waals surface area (Å²) in [5, 5.41) is 24.0. The lowest BCUT2D eigenvalue weighted by molar-refractivity contribution is 0.885. The Bertz CT molecular complexity index is 720. The van der Waals surface area contributed by atoms with E-state index in [-0.39, 0.29) is 11.6 Å². The summed E-state index contributed by atoms with van der Waals surface area (Å²) >= 11 is 0. The van der Waals surface area contributed by atoms with Gasteiger partial charge in [-0.3, -0.25) is 0 Å². The average Bonchev–Trinajstić information content (AvgIpc) is 2.58. The first-order valence-corrected chi connectivity index (χ1v) is 6.92. The second-order valence-electron chi connectivity index (χ2n) is 4.75. The minimum absolute atomic E-state index is 0.0333. The number of anilines is 2. The Hall–Kier alpha value is -3.24. The molecule has 1 atom stereocenters. The first-order valence-electron chi connectivity index (χ1n) is 6.92. The van der Waals surface area contributed by atoms with E-state index in [4.69, 9.17) is 10.5 Å². The Balaban J connectivity index is 2.17. The van der Waals surface area contributed by atoms with E-state index in [1.807, 2.05) is 54.6 Å². The van der Waals surface area contributed by atoms with Gasteiger partial charge in [0.15, 0.2) is 0 Å². The van der Waals surface area contributed by atoms with Crippen molar-refractivity contribution in [1.29, 1.82) is 10.5 Å². The molecule has 22 heavy (non-hydrogen) atoms. The number of benzene rings is 2. The van der Waals surface area contributed by atoms with Crippen LogP contribution in [0.25, 0.3) is 0 Å². The van der Waals surface area contributed by atoms with Gasteiger partial charge in [-0.1, -0.05) is 42.5 Å². The van der Waals surface area contributed by atoms with E-state index in [2.05, 4.69) is 29.7 Å². The summed E-state index contributed by atoms with van der Waals surface area (Å²) in [5.74, 6) is 0. The molecule has 108 valence electrons. The lowest BCUT2D eigenvalue weighted by atomic mass is 10.1. The Morgan fingerprint density at radius 3 is 2.18 bits per heavy atom. The lowest BCUT2D eigenvalue weighted by Gasteiger charge is -2.18. The summed E-state index contributed by atoms with van der Waals surface area (Å²) < 4.78 is 0. The summed E-state index contributed by atoms with van der Waals surface area (Å²) in [6.07, 6.45) is 1.41. The highest BCUT2D eigenvalue weighted by atomic mass is 15.0. The van der Waals surface area contributed by atoms with Gasteiger partial charge in [0.1, 0.15) is 17.7 Å². The molecule has 0 spiro atoms. The highest BCUT2D eigenvalue weighted by Crippen LogP contribution is 2.26. The van der Waals surface area contributed by atoms with E-state index in [0.717, 1.165) is 11.4 Å². The molecular formula is C18H16N4. The Kier molecular flexibility index (Phi) is 5.18. The fourth-order valence-electron chi connectivity index (χ4n) is 2.03. The normalized spacial score (nSPS) is 10.7. The van der Waals surface area contributed by atoms with Gasteiger partial charge in [0.25, 0.3) is 0 Å². The Morgan fingerprint density at radius 2 is 1.55 bits per heavy atom. The van der Waals surface area contributed by atoms with E-state index < -0.39 is 0 Å². The summed E-state index contributed by atoms with van der Waals surface area (Å²) in [6, 6.07) is 21.6. The molecule has 2 aromatic carbocycles. The number of nitriles is 2. The maximum Gasteiger partial charge on any atom is 0.145 e. The fourth-order valence-corrected chi connectivity index (χ4v) is 2.03. The Labute approximate surface area is 130 Å². The number of para-hydroxylation sites is 2. The molecule has 2 rings (SSSR count). The van der Waals surface area contributed by atoms with Crippen LogP contribution in [0.1, 0.15) is 18.5 Å². The van der Waals surface area contributed by atoms with Gasteiger partial charge in [-0.05, 0) is 24.6 Å². The van der Waals surface area contributed by atoms with Crippen LogP contribution in [0.15, 0.2) is 66.4 Å².